The molecule has 0 aromatic rings. The van der Waals surface area contributed by atoms with Gasteiger partial charge in [0.2, 0.25) is 0 Å². The van der Waals surface area contributed by atoms with Crippen molar-refractivity contribution in [3.05, 3.63) is 0 Å². The smallest absolute Gasteiger partial charge is 0.186 e. The quantitative estimate of drug-likeness (QED) is 0.420. The molecule has 3 heterocycles. The van der Waals surface area contributed by atoms with Crippen LogP contribution in [0.3, 0.4) is 0 Å². The van der Waals surface area contributed by atoms with Gasteiger partial charge in [-0.05, 0) is 13.8 Å². The molecule has 4 N–H and O–H groups in total. The second-order valence-electron chi connectivity index (χ2n) is 6.90. The van der Waals surface area contributed by atoms with Crippen molar-refractivity contribution in [2.45, 2.75) is 68.7 Å². The molecular weight excluding hydrogens is 340 g/mol. The predicted octanol–water partition coefficient (Wildman–Crippen LogP) is -2.30. The molecule has 0 saturated carbocycles. The Morgan fingerprint density at radius 3 is 2.52 bits per heavy atom. The zero-order valence-corrected chi connectivity index (χ0v) is 14.2. The summed E-state index contributed by atoms with van der Waals surface area (Å²) in [4.78, 5) is 0. The number of ether oxygens (including phenoxy) is 6. The third-order valence-electron chi connectivity index (χ3n) is 4.51. The van der Waals surface area contributed by atoms with Crippen LogP contribution in [0.2, 0.25) is 0 Å². The molecule has 10 heteroatoms. The molecule has 3 aliphatic rings. The first-order valence-electron chi connectivity index (χ1n) is 8.29. The lowest BCUT2D eigenvalue weighted by Gasteiger charge is -2.35. The number of aliphatic hydroxyl groups excluding tert-OH is 4. The maximum atomic E-state index is 10.4. The highest BCUT2D eigenvalue weighted by Crippen LogP contribution is 2.30. The Morgan fingerprint density at radius 2 is 1.84 bits per heavy atom. The predicted molar refractivity (Wildman–Crippen MR) is 79.2 cm³/mol. The third kappa shape index (κ3) is 4.30. The van der Waals surface area contributed by atoms with Gasteiger partial charge >= 0.3 is 0 Å². The standard InChI is InChI=1S/C15H26O10/c1-15(2)24-5-9(25-15)13-12(22-6-23-13)8(17)4-21-14-11(19)10(18)7(16)3-20-14/h7-14,16-19H,3-6H2,1-2H3/t7-,8-,9-,10-,11+,12-,13-,14-/m1/s1. The molecule has 10 nitrogen and oxygen atoms in total. The minimum Gasteiger partial charge on any atom is -0.388 e. The van der Waals surface area contributed by atoms with Gasteiger partial charge in [-0.15, -0.1) is 0 Å². The Balaban J connectivity index is 1.51. The SMILES string of the molecule is CC1(C)OC[C@H]([C@H]2OCO[C@@H]2[C@H](O)CO[C@H]2OC[C@@H](O)[C@@H](O)[C@@H]2O)O1. The summed E-state index contributed by atoms with van der Waals surface area (Å²) in [6.45, 7) is 3.52. The van der Waals surface area contributed by atoms with Crippen molar-refractivity contribution < 1.29 is 48.8 Å². The van der Waals surface area contributed by atoms with E-state index in [0.717, 1.165) is 0 Å². The van der Waals surface area contributed by atoms with E-state index in [1.165, 1.54) is 0 Å². The van der Waals surface area contributed by atoms with Crippen LogP contribution in [0.4, 0.5) is 0 Å². The highest BCUT2D eigenvalue weighted by Gasteiger charge is 2.47. The fraction of sp³-hybridized carbons (Fsp3) is 1.00. The second kappa shape index (κ2) is 7.69. The molecule has 25 heavy (non-hydrogen) atoms. The molecule has 0 bridgehead atoms. The maximum Gasteiger partial charge on any atom is 0.186 e. The average Bonchev–Trinajstić information content (AvgIpc) is 3.17. The summed E-state index contributed by atoms with van der Waals surface area (Å²) >= 11 is 0. The van der Waals surface area contributed by atoms with Crippen LogP contribution in [0, 0.1) is 0 Å². The second-order valence-corrected chi connectivity index (χ2v) is 6.90. The van der Waals surface area contributed by atoms with E-state index >= 15 is 0 Å². The highest BCUT2D eigenvalue weighted by molar-refractivity contribution is 4.90. The molecule has 0 radical (unpaired) electrons. The number of hydrogen-bond acceptors (Lipinski definition) is 10. The van der Waals surface area contributed by atoms with Gasteiger partial charge in [-0.2, -0.15) is 0 Å². The van der Waals surface area contributed by atoms with Gasteiger partial charge in [-0.25, -0.2) is 0 Å². The maximum absolute atomic E-state index is 10.4. The topological polar surface area (TPSA) is 136 Å². The van der Waals surface area contributed by atoms with E-state index in [-0.39, 0.29) is 26.1 Å². The summed E-state index contributed by atoms with van der Waals surface area (Å²) in [6.07, 6.45) is -7.80. The summed E-state index contributed by atoms with van der Waals surface area (Å²) in [7, 11) is 0. The van der Waals surface area contributed by atoms with Gasteiger partial charge in [0.1, 0.15) is 49.5 Å². The molecule has 0 amide bonds. The van der Waals surface area contributed by atoms with Gasteiger partial charge in [0.15, 0.2) is 12.1 Å². The molecule has 8 atom stereocenters. The van der Waals surface area contributed by atoms with Crippen molar-refractivity contribution in [1.82, 2.24) is 0 Å². The van der Waals surface area contributed by atoms with Crippen molar-refractivity contribution in [3.63, 3.8) is 0 Å². The van der Waals surface area contributed by atoms with Crippen LogP contribution >= 0.6 is 0 Å². The molecule has 0 spiro atoms. The lowest BCUT2D eigenvalue weighted by molar-refractivity contribution is -0.276. The number of aliphatic hydroxyl groups is 4. The van der Waals surface area contributed by atoms with Crippen molar-refractivity contribution in [2.24, 2.45) is 0 Å². The van der Waals surface area contributed by atoms with E-state index in [0.29, 0.717) is 6.61 Å². The first-order valence-corrected chi connectivity index (χ1v) is 8.29. The zero-order valence-electron chi connectivity index (χ0n) is 14.2. The van der Waals surface area contributed by atoms with Gasteiger partial charge in [-0.1, -0.05) is 0 Å². The third-order valence-corrected chi connectivity index (χ3v) is 4.51. The minimum atomic E-state index is -1.42. The molecule has 146 valence electrons. The van der Waals surface area contributed by atoms with E-state index in [2.05, 4.69) is 0 Å². The van der Waals surface area contributed by atoms with Crippen molar-refractivity contribution in [2.75, 3.05) is 26.6 Å². The van der Waals surface area contributed by atoms with E-state index in [1.807, 2.05) is 0 Å². The summed E-state index contributed by atoms with van der Waals surface area (Å²) < 4.78 is 32.7. The van der Waals surface area contributed by atoms with Gasteiger partial charge in [0.25, 0.3) is 0 Å². The fourth-order valence-electron chi connectivity index (χ4n) is 3.13. The monoisotopic (exact) mass is 366 g/mol. The van der Waals surface area contributed by atoms with Crippen LogP contribution in [0.1, 0.15) is 13.8 Å². The lowest BCUT2D eigenvalue weighted by atomic mass is 10.0. The van der Waals surface area contributed by atoms with E-state index in [1.54, 1.807) is 13.8 Å². The first kappa shape index (κ1) is 19.4. The highest BCUT2D eigenvalue weighted by atomic mass is 16.8. The van der Waals surface area contributed by atoms with Crippen LogP contribution in [-0.4, -0.2) is 102 Å². The Kier molecular flexibility index (Phi) is 5.95. The largest absolute Gasteiger partial charge is 0.388 e. The van der Waals surface area contributed by atoms with Crippen molar-refractivity contribution in [3.8, 4) is 0 Å². The minimum absolute atomic E-state index is 0.0140. The Bertz CT molecular complexity index is 446. The Labute approximate surface area is 145 Å². The van der Waals surface area contributed by atoms with E-state index in [9.17, 15) is 20.4 Å². The zero-order chi connectivity index (χ0) is 18.2. The van der Waals surface area contributed by atoms with Crippen molar-refractivity contribution >= 4 is 0 Å². The fourth-order valence-corrected chi connectivity index (χ4v) is 3.13. The molecule has 3 rings (SSSR count). The average molecular weight is 366 g/mol. The normalized spacial score (nSPS) is 45.6. The van der Waals surface area contributed by atoms with Crippen LogP contribution in [0.15, 0.2) is 0 Å². The lowest BCUT2D eigenvalue weighted by Crippen LogP contribution is -2.54. The first-order chi connectivity index (χ1) is 11.8. The molecule has 3 saturated heterocycles. The van der Waals surface area contributed by atoms with Crippen LogP contribution in [-0.2, 0) is 28.4 Å². The van der Waals surface area contributed by atoms with Gasteiger partial charge in [-0.3, -0.25) is 0 Å². The summed E-state index contributed by atoms with van der Waals surface area (Å²) in [6, 6.07) is 0. The molecule has 0 aliphatic carbocycles. The van der Waals surface area contributed by atoms with Crippen LogP contribution in [0.5, 0.6) is 0 Å². The Hall–Kier alpha value is -0.400. The van der Waals surface area contributed by atoms with Crippen molar-refractivity contribution in [1.29, 1.82) is 0 Å². The van der Waals surface area contributed by atoms with Crippen LogP contribution < -0.4 is 0 Å². The summed E-state index contributed by atoms with van der Waals surface area (Å²) in [5.41, 5.74) is 0. The molecule has 0 aromatic carbocycles. The molecule has 3 aliphatic heterocycles. The molecule has 0 unspecified atom stereocenters. The Morgan fingerprint density at radius 1 is 1.08 bits per heavy atom. The summed E-state index contributed by atoms with van der Waals surface area (Å²) in [5, 5.41) is 39.2. The van der Waals surface area contributed by atoms with E-state index < -0.39 is 48.7 Å². The summed E-state index contributed by atoms with van der Waals surface area (Å²) in [5.74, 6) is -0.723. The molecule has 3 fully saturated rings. The number of hydrogen-bond donors (Lipinski definition) is 4. The van der Waals surface area contributed by atoms with Gasteiger partial charge in [0.05, 0.1) is 19.8 Å². The van der Waals surface area contributed by atoms with Crippen LogP contribution in [0.25, 0.3) is 0 Å². The van der Waals surface area contributed by atoms with E-state index in [4.69, 9.17) is 28.4 Å². The molecule has 0 aromatic heterocycles. The van der Waals surface area contributed by atoms with Gasteiger partial charge < -0.3 is 48.8 Å². The number of rotatable bonds is 5. The molecular formula is C15H26O10. The van der Waals surface area contributed by atoms with Gasteiger partial charge in [0, 0.05) is 0 Å².